The highest BCUT2D eigenvalue weighted by Gasteiger charge is 2.28. The van der Waals surface area contributed by atoms with Crippen LogP contribution in [0.3, 0.4) is 0 Å². The molecular formula is C20H30N4O3S. The highest BCUT2D eigenvalue weighted by atomic mass is 32.2. The van der Waals surface area contributed by atoms with Crippen LogP contribution in [-0.4, -0.2) is 66.5 Å². The predicted octanol–water partition coefficient (Wildman–Crippen LogP) is 2.41. The maximum Gasteiger partial charge on any atom is 0.243 e. The number of sulfonamides is 1. The Morgan fingerprint density at radius 3 is 2.36 bits per heavy atom. The van der Waals surface area contributed by atoms with Crippen molar-refractivity contribution >= 4 is 10.0 Å². The molecule has 28 heavy (non-hydrogen) atoms. The third-order valence-corrected chi connectivity index (χ3v) is 6.94. The fourth-order valence-corrected chi connectivity index (χ4v) is 4.90. The number of ether oxygens (including phenoxy) is 1. The smallest absolute Gasteiger partial charge is 0.243 e. The van der Waals surface area contributed by atoms with Gasteiger partial charge in [0.2, 0.25) is 10.0 Å². The summed E-state index contributed by atoms with van der Waals surface area (Å²) in [6.45, 7) is 11.0. The summed E-state index contributed by atoms with van der Waals surface area (Å²) in [7, 11) is -3.46. The molecule has 1 aliphatic heterocycles. The van der Waals surface area contributed by atoms with Gasteiger partial charge in [-0.2, -0.15) is 4.31 Å². The maximum absolute atomic E-state index is 12.9. The van der Waals surface area contributed by atoms with Crippen LogP contribution in [0.1, 0.15) is 32.5 Å². The lowest BCUT2D eigenvalue weighted by Gasteiger charge is -2.34. The number of rotatable bonds is 8. The van der Waals surface area contributed by atoms with Crippen molar-refractivity contribution < 1.29 is 13.2 Å². The van der Waals surface area contributed by atoms with Gasteiger partial charge in [0.25, 0.3) is 0 Å². The molecule has 0 unspecified atom stereocenters. The largest absolute Gasteiger partial charge is 0.494 e. The van der Waals surface area contributed by atoms with Crippen molar-refractivity contribution in [2.24, 2.45) is 0 Å². The molecular weight excluding hydrogens is 376 g/mol. The summed E-state index contributed by atoms with van der Waals surface area (Å²) in [6.07, 6.45) is 3.86. The van der Waals surface area contributed by atoms with E-state index in [-0.39, 0.29) is 0 Å². The number of hydrogen-bond acceptors (Lipinski definition) is 5. The number of hydrogen-bond donors (Lipinski definition) is 0. The van der Waals surface area contributed by atoms with Gasteiger partial charge in [0.05, 0.1) is 11.5 Å². The molecule has 1 aromatic carbocycles. The summed E-state index contributed by atoms with van der Waals surface area (Å²) in [6, 6.07) is 6.67. The van der Waals surface area contributed by atoms with Crippen molar-refractivity contribution in [2.75, 3.05) is 39.3 Å². The third kappa shape index (κ3) is 4.74. The summed E-state index contributed by atoms with van der Waals surface area (Å²) < 4.78 is 34.9. The van der Waals surface area contributed by atoms with Crippen molar-refractivity contribution in [3.8, 4) is 5.75 Å². The van der Waals surface area contributed by atoms with E-state index in [1.807, 2.05) is 19.3 Å². The quantitative estimate of drug-likeness (QED) is 0.673. The standard InChI is InChI=1S/C20H30N4O3S/c1-4-27-18-5-7-19(8-6-18)28(25,26)24-15-12-22(13-16-24)11-14-23-10-9-21-20(23)17(2)3/h5-10,17H,4,11-16H2,1-3H3. The normalized spacial score (nSPS) is 16.6. The Balaban J connectivity index is 1.54. The molecule has 1 saturated heterocycles. The van der Waals surface area contributed by atoms with Crippen LogP contribution in [0.5, 0.6) is 5.75 Å². The zero-order valence-electron chi connectivity index (χ0n) is 16.9. The lowest BCUT2D eigenvalue weighted by atomic mass is 10.2. The Morgan fingerprint density at radius 2 is 1.75 bits per heavy atom. The van der Waals surface area contributed by atoms with Crippen molar-refractivity contribution in [3.63, 3.8) is 0 Å². The van der Waals surface area contributed by atoms with E-state index < -0.39 is 10.0 Å². The summed E-state index contributed by atoms with van der Waals surface area (Å²) in [5.41, 5.74) is 0. The van der Waals surface area contributed by atoms with E-state index in [4.69, 9.17) is 4.74 Å². The van der Waals surface area contributed by atoms with Crippen LogP contribution in [0, 0.1) is 0 Å². The van der Waals surface area contributed by atoms with Gasteiger partial charge in [0.15, 0.2) is 0 Å². The summed E-state index contributed by atoms with van der Waals surface area (Å²) in [5, 5.41) is 0. The molecule has 1 aliphatic rings. The first-order chi connectivity index (χ1) is 13.4. The second-order valence-electron chi connectivity index (χ2n) is 7.28. The molecule has 0 bridgehead atoms. The maximum atomic E-state index is 12.9. The van der Waals surface area contributed by atoms with Gasteiger partial charge in [-0.25, -0.2) is 13.4 Å². The van der Waals surface area contributed by atoms with Gasteiger partial charge in [-0.3, -0.25) is 4.90 Å². The molecule has 8 heteroatoms. The molecule has 2 heterocycles. The van der Waals surface area contributed by atoms with Crippen LogP contribution < -0.4 is 4.74 Å². The summed E-state index contributed by atoms with van der Waals surface area (Å²) >= 11 is 0. The first-order valence-electron chi connectivity index (χ1n) is 9.88. The molecule has 0 saturated carbocycles. The van der Waals surface area contributed by atoms with E-state index in [2.05, 4.69) is 28.3 Å². The van der Waals surface area contributed by atoms with Gasteiger partial charge < -0.3 is 9.30 Å². The van der Waals surface area contributed by atoms with Crippen molar-refractivity contribution in [2.45, 2.75) is 38.1 Å². The van der Waals surface area contributed by atoms with Gasteiger partial charge in [-0.15, -0.1) is 0 Å². The fourth-order valence-electron chi connectivity index (χ4n) is 3.48. The zero-order chi connectivity index (χ0) is 20.1. The molecule has 0 spiro atoms. The van der Waals surface area contributed by atoms with E-state index in [1.165, 1.54) is 0 Å². The minimum Gasteiger partial charge on any atom is -0.494 e. The minimum absolute atomic E-state index is 0.324. The highest BCUT2D eigenvalue weighted by molar-refractivity contribution is 7.89. The van der Waals surface area contributed by atoms with Gasteiger partial charge in [0, 0.05) is 57.6 Å². The van der Waals surface area contributed by atoms with Crippen LogP contribution in [0.2, 0.25) is 0 Å². The zero-order valence-corrected chi connectivity index (χ0v) is 17.7. The molecule has 7 nitrogen and oxygen atoms in total. The van der Waals surface area contributed by atoms with Gasteiger partial charge >= 0.3 is 0 Å². The number of piperazine rings is 1. The van der Waals surface area contributed by atoms with E-state index in [0.717, 1.165) is 32.0 Å². The predicted molar refractivity (Wildman–Crippen MR) is 109 cm³/mol. The second kappa shape index (κ2) is 9.07. The van der Waals surface area contributed by atoms with Crippen molar-refractivity contribution in [1.29, 1.82) is 0 Å². The molecule has 0 N–H and O–H groups in total. The summed E-state index contributed by atoms with van der Waals surface area (Å²) in [5.74, 6) is 2.18. The lowest BCUT2D eigenvalue weighted by molar-refractivity contribution is 0.182. The van der Waals surface area contributed by atoms with Crippen LogP contribution in [-0.2, 0) is 16.6 Å². The van der Waals surface area contributed by atoms with Crippen LogP contribution in [0.15, 0.2) is 41.6 Å². The van der Waals surface area contributed by atoms with Crippen LogP contribution in [0.25, 0.3) is 0 Å². The lowest BCUT2D eigenvalue weighted by Crippen LogP contribution is -2.49. The molecule has 2 aromatic rings. The molecule has 0 amide bonds. The molecule has 3 rings (SSSR count). The number of aromatic nitrogens is 2. The van der Waals surface area contributed by atoms with Gasteiger partial charge in [-0.05, 0) is 31.2 Å². The van der Waals surface area contributed by atoms with E-state index in [9.17, 15) is 8.42 Å². The topological polar surface area (TPSA) is 67.7 Å². The highest BCUT2D eigenvalue weighted by Crippen LogP contribution is 2.21. The average Bonchev–Trinajstić information content (AvgIpc) is 3.16. The van der Waals surface area contributed by atoms with Crippen molar-refractivity contribution in [1.82, 2.24) is 18.8 Å². The van der Waals surface area contributed by atoms with Gasteiger partial charge in [0.1, 0.15) is 11.6 Å². The molecule has 1 aromatic heterocycles. The average molecular weight is 407 g/mol. The third-order valence-electron chi connectivity index (χ3n) is 5.02. The number of imidazole rings is 1. The SMILES string of the molecule is CCOc1ccc(S(=O)(=O)N2CCN(CCn3ccnc3C(C)C)CC2)cc1. The number of nitrogens with zero attached hydrogens (tertiary/aromatic N) is 4. The van der Waals surface area contributed by atoms with Gasteiger partial charge in [-0.1, -0.05) is 13.8 Å². The molecule has 1 fully saturated rings. The van der Waals surface area contributed by atoms with E-state index in [0.29, 0.717) is 36.3 Å². The Labute approximate surface area is 168 Å². The Kier molecular flexibility index (Phi) is 6.74. The fraction of sp³-hybridized carbons (Fsp3) is 0.550. The molecule has 0 aliphatic carbocycles. The number of benzene rings is 1. The monoisotopic (exact) mass is 406 g/mol. The molecule has 0 radical (unpaired) electrons. The summed E-state index contributed by atoms with van der Waals surface area (Å²) in [4.78, 5) is 7.06. The Morgan fingerprint density at radius 1 is 1.07 bits per heavy atom. The molecule has 154 valence electrons. The van der Waals surface area contributed by atoms with E-state index in [1.54, 1.807) is 28.6 Å². The first kappa shape index (κ1) is 20.8. The van der Waals surface area contributed by atoms with Crippen LogP contribution >= 0.6 is 0 Å². The van der Waals surface area contributed by atoms with Crippen LogP contribution in [0.4, 0.5) is 0 Å². The van der Waals surface area contributed by atoms with Crippen molar-refractivity contribution in [3.05, 3.63) is 42.5 Å². The minimum atomic E-state index is -3.46. The Bertz CT molecular complexity index is 854. The Hall–Kier alpha value is -1.90. The molecule has 0 atom stereocenters. The first-order valence-corrected chi connectivity index (χ1v) is 11.3. The second-order valence-corrected chi connectivity index (χ2v) is 9.22. The van der Waals surface area contributed by atoms with E-state index >= 15 is 0 Å².